The van der Waals surface area contributed by atoms with Crippen molar-refractivity contribution < 1.29 is 35.5 Å². The van der Waals surface area contributed by atoms with E-state index in [0.29, 0.717) is 11.1 Å². The van der Waals surface area contributed by atoms with Crippen LogP contribution in [0, 0.1) is 13.8 Å². The summed E-state index contributed by atoms with van der Waals surface area (Å²) < 4.78 is 67.9. The Hall–Kier alpha value is -2.36. The Morgan fingerprint density at radius 1 is 0.548 bits per heavy atom. The number of carbonyl (C=O) groups excluding carboxylic acids is 2. The summed E-state index contributed by atoms with van der Waals surface area (Å²) in [5.74, 6) is -1.06. The van der Waals surface area contributed by atoms with E-state index in [1.54, 1.807) is 38.1 Å². The van der Waals surface area contributed by atoms with E-state index < -0.39 is 41.6 Å². The van der Waals surface area contributed by atoms with Crippen molar-refractivity contribution >= 4 is 114 Å². The van der Waals surface area contributed by atoms with Gasteiger partial charge in [0.25, 0.3) is 20.2 Å². The third kappa shape index (κ3) is 6.58. The Kier molecular flexibility index (Phi) is 10.3. The number of hydrogen-bond donors (Lipinski definition) is 4. The Morgan fingerprint density at radius 2 is 0.881 bits per heavy atom. The number of anilines is 4. The fourth-order valence-electron chi connectivity index (χ4n) is 4.61. The van der Waals surface area contributed by atoms with E-state index >= 15 is 0 Å². The van der Waals surface area contributed by atoms with Crippen molar-refractivity contribution in [3.05, 3.63) is 106 Å². The van der Waals surface area contributed by atoms with E-state index in [1.165, 1.54) is 48.5 Å². The number of hydrogen-bond acceptors (Lipinski definition) is 8. The van der Waals surface area contributed by atoms with Crippen LogP contribution in [0.5, 0.6) is 0 Å². The van der Waals surface area contributed by atoms with Gasteiger partial charge in [0.2, 0.25) is 0 Å². The van der Waals surface area contributed by atoms with Crippen LogP contribution in [0.15, 0.2) is 82.6 Å². The van der Waals surface area contributed by atoms with Gasteiger partial charge < -0.3 is 10.6 Å². The number of rotatable bonds is 6. The van der Waals surface area contributed by atoms with Crippen LogP contribution < -0.4 is 10.6 Å². The maximum absolute atomic E-state index is 13.8. The molecule has 4 N–H and O–H groups in total. The third-order valence-corrected chi connectivity index (χ3v) is 8.23. The van der Waals surface area contributed by atoms with Gasteiger partial charge in [0, 0.05) is 11.1 Å². The van der Waals surface area contributed by atoms with Crippen LogP contribution in [0.4, 0.5) is 22.7 Å². The summed E-state index contributed by atoms with van der Waals surface area (Å²) in [7, 11) is -9.30. The third-order valence-electron chi connectivity index (χ3n) is 6.44. The normalized spacial score (nSPS) is 12.4. The molecule has 0 atom stereocenters. The molecule has 0 saturated carbocycles. The molecule has 0 bridgehead atoms. The van der Waals surface area contributed by atoms with E-state index in [0.717, 1.165) is 0 Å². The molecule has 0 fully saturated rings. The summed E-state index contributed by atoms with van der Waals surface area (Å²) in [6.07, 6.45) is 0. The number of benzene rings is 4. The second kappa shape index (κ2) is 12.7. The molecule has 0 aromatic heterocycles. The first-order valence-electron chi connectivity index (χ1n) is 11.8. The molecule has 0 saturated heterocycles. The van der Waals surface area contributed by atoms with Gasteiger partial charge in [0.15, 0.2) is 11.6 Å². The predicted octanol–water partition coefficient (Wildman–Crippen LogP) is 3.76. The molecule has 1 aliphatic rings. The molecule has 0 spiro atoms. The van der Waals surface area contributed by atoms with Crippen LogP contribution in [0.3, 0.4) is 0 Å². The van der Waals surface area contributed by atoms with Crippen LogP contribution >= 0.6 is 0 Å². The molecule has 10 nitrogen and oxygen atoms in total. The molecule has 4 aromatic rings. The van der Waals surface area contributed by atoms with Gasteiger partial charge in [-0.2, -0.15) is 16.8 Å². The molecular weight excluding hydrogens is 602 g/mol. The van der Waals surface area contributed by atoms with E-state index in [2.05, 4.69) is 10.6 Å². The first-order valence-corrected chi connectivity index (χ1v) is 14.7. The number of fused-ring (bicyclic) bond motifs is 2. The Bertz CT molecular complexity index is 1840. The number of ketones is 2. The van der Waals surface area contributed by atoms with Crippen molar-refractivity contribution in [2.75, 3.05) is 10.6 Å². The summed E-state index contributed by atoms with van der Waals surface area (Å²) in [6.45, 7) is 3.29. The van der Waals surface area contributed by atoms with Crippen molar-refractivity contribution in [2.24, 2.45) is 0 Å². The van der Waals surface area contributed by atoms with Crippen molar-refractivity contribution in [3.63, 3.8) is 0 Å². The second-order valence-electron chi connectivity index (χ2n) is 9.31. The number of nitrogens with one attached hydrogen (secondary N) is 2. The van der Waals surface area contributed by atoms with E-state index in [-0.39, 0.29) is 104 Å². The molecule has 5 rings (SSSR count). The van der Waals surface area contributed by atoms with Crippen LogP contribution in [0.1, 0.15) is 43.0 Å². The Morgan fingerprint density at radius 3 is 1.21 bits per heavy atom. The summed E-state index contributed by atoms with van der Waals surface area (Å²) >= 11 is 0. The molecule has 1 aliphatic carbocycles. The molecule has 42 heavy (non-hydrogen) atoms. The van der Waals surface area contributed by atoms with Crippen LogP contribution in [0.25, 0.3) is 0 Å². The van der Waals surface area contributed by atoms with Crippen molar-refractivity contribution in [1.29, 1.82) is 0 Å². The minimum atomic E-state index is -4.65. The molecule has 0 aliphatic heterocycles. The van der Waals surface area contributed by atoms with E-state index in [4.69, 9.17) is 0 Å². The predicted molar refractivity (Wildman–Crippen MR) is 163 cm³/mol. The first-order chi connectivity index (χ1) is 18.8. The van der Waals surface area contributed by atoms with E-state index in [1.807, 2.05) is 0 Å². The van der Waals surface area contributed by atoms with Crippen LogP contribution in [-0.4, -0.2) is 96.6 Å². The zero-order chi connectivity index (χ0) is 29.0. The first kappa shape index (κ1) is 34.1. The van der Waals surface area contributed by atoms with Gasteiger partial charge in [0.05, 0.1) is 33.9 Å². The summed E-state index contributed by atoms with van der Waals surface area (Å²) in [4.78, 5) is 26.7. The summed E-state index contributed by atoms with van der Waals surface area (Å²) in [5.41, 5.74) is 1.33. The van der Waals surface area contributed by atoms with Gasteiger partial charge in [-0.15, -0.1) is 0 Å². The molecule has 0 unspecified atom stereocenters. The average Bonchev–Trinajstić information content (AvgIpc) is 2.88. The standard InChI is InChI=1S/C28H22N2O8S2.2Na.2H/c1-15-7-9-19(23(13-15)39(33,34)35)29-21-11-12-22(30-20-10-8-16(2)14-24(20)40(36,37)38)26-25(21)27(31)17-5-3-4-6-18(17)28(26)32;;;;/h3-14,29-30H,1-2H3,(H,33,34,35)(H,36,37,38);;;;. The molecule has 4 aromatic carbocycles. The molecule has 0 heterocycles. The SMILES string of the molecule is Cc1ccc(Nc2ccc(Nc3ccc(C)cc3S(=O)(=O)O)c3c2C(=O)c2ccccc2C3=O)c(S(=O)(=O)O)c1.[NaH].[NaH]. The van der Waals surface area contributed by atoms with Gasteiger partial charge in [-0.1, -0.05) is 36.4 Å². The zero-order valence-corrected chi connectivity index (χ0v) is 22.7. The van der Waals surface area contributed by atoms with Crippen molar-refractivity contribution in [1.82, 2.24) is 0 Å². The van der Waals surface area contributed by atoms with Gasteiger partial charge in [0.1, 0.15) is 9.79 Å². The molecule has 0 radical (unpaired) electrons. The summed E-state index contributed by atoms with van der Waals surface area (Å²) in [6, 6.07) is 17.6. The summed E-state index contributed by atoms with van der Waals surface area (Å²) in [5, 5.41) is 5.75. The molecule has 14 heteroatoms. The van der Waals surface area contributed by atoms with Crippen LogP contribution in [0.2, 0.25) is 0 Å². The fourth-order valence-corrected chi connectivity index (χ4v) is 6.08. The molecular formula is C28H24N2Na2O8S2. The Balaban J connectivity index is 0.00000242. The van der Waals surface area contributed by atoms with Gasteiger partial charge >= 0.3 is 59.1 Å². The molecule has 0 amide bonds. The molecule has 208 valence electrons. The van der Waals surface area contributed by atoms with Crippen molar-refractivity contribution in [3.8, 4) is 0 Å². The second-order valence-corrected chi connectivity index (χ2v) is 12.1. The number of carbonyl (C=O) groups is 2. The zero-order valence-electron chi connectivity index (χ0n) is 21.1. The topological polar surface area (TPSA) is 167 Å². The van der Waals surface area contributed by atoms with Crippen molar-refractivity contribution in [2.45, 2.75) is 23.6 Å². The van der Waals surface area contributed by atoms with Gasteiger partial charge in [-0.25, -0.2) is 0 Å². The monoisotopic (exact) mass is 626 g/mol. The van der Waals surface area contributed by atoms with E-state index in [9.17, 15) is 35.5 Å². The maximum atomic E-state index is 13.8. The van der Waals surface area contributed by atoms with Crippen LogP contribution in [-0.2, 0) is 20.2 Å². The van der Waals surface area contributed by atoms with Gasteiger partial charge in [-0.05, 0) is 61.4 Å². The average molecular weight is 627 g/mol. The quantitative estimate of drug-likeness (QED) is 0.161. The fraction of sp³-hybridized carbons (Fsp3) is 0.0714. The minimum absolute atomic E-state index is 0. The number of aryl methyl sites for hydroxylation is 2. The Labute approximate surface area is 287 Å². The van der Waals surface area contributed by atoms with Gasteiger partial charge in [-0.3, -0.25) is 18.7 Å².